The number of hydrogen-bond acceptors (Lipinski definition) is 6. The largest absolute Gasteiger partial charge is 0.345 e. The van der Waals surface area contributed by atoms with Crippen molar-refractivity contribution in [2.75, 3.05) is 26.4 Å². The highest BCUT2D eigenvalue weighted by molar-refractivity contribution is 7.88. The molecule has 3 fully saturated rings. The van der Waals surface area contributed by atoms with Crippen LogP contribution in [-0.4, -0.2) is 85.9 Å². The first kappa shape index (κ1) is 32.1. The van der Waals surface area contributed by atoms with Crippen LogP contribution in [0.15, 0.2) is 60.7 Å². The molecule has 2 heterocycles. The standard InChI is InChI=1S/C33H45N5O5S/c1-22(34-2)31(39)36-29(25-17-11-6-12-18-25)33(41)37-20-19-27-30(37)26(21-38(27)44(3,42)43)32(40)35-28(23-13-7-4-8-14-23)24-15-9-5-10-16-24/h4-5,7-10,13-16,22,25-30,34H,6,11-12,17-21H2,1-3H3,(H,35,40)(H,36,39)/t22-,26-,27+,29-,30+/m0/s1. The molecule has 238 valence electrons. The van der Waals surface area contributed by atoms with Crippen LogP contribution >= 0.6 is 0 Å². The lowest BCUT2D eigenvalue weighted by molar-refractivity contribution is -0.141. The van der Waals surface area contributed by atoms with Gasteiger partial charge in [-0.3, -0.25) is 14.4 Å². The molecule has 3 amide bonds. The van der Waals surface area contributed by atoms with Crippen molar-refractivity contribution in [2.24, 2.45) is 11.8 Å². The number of sulfonamides is 1. The van der Waals surface area contributed by atoms with Gasteiger partial charge in [0, 0.05) is 19.1 Å². The van der Waals surface area contributed by atoms with Crippen molar-refractivity contribution in [1.29, 1.82) is 0 Å². The zero-order valence-electron chi connectivity index (χ0n) is 25.8. The van der Waals surface area contributed by atoms with Crippen LogP contribution in [0, 0.1) is 11.8 Å². The molecule has 2 aliphatic heterocycles. The monoisotopic (exact) mass is 623 g/mol. The van der Waals surface area contributed by atoms with Gasteiger partial charge in [0.25, 0.3) is 0 Å². The molecule has 2 saturated heterocycles. The van der Waals surface area contributed by atoms with Crippen molar-refractivity contribution < 1.29 is 22.8 Å². The average Bonchev–Trinajstić information content (AvgIpc) is 3.64. The summed E-state index contributed by atoms with van der Waals surface area (Å²) in [6.45, 7) is 2.07. The second-order valence-corrected chi connectivity index (χ2v) is 14.4. The van der Waals surface area contributed by atoms with Crippen LogP contribution in [0.2, 0.25) is 0 Å². The summed E-state index contributed by atoms with van der Waals surface area (Å²) in [5, 5.41) is 9.18. The molecule has 0 bridgehead atoms. The van der Waals surface area contributed by atoms with Crippen LogP contribution in [0.5, 0.6) is 0 Å². The Kier molecular flexibility index (Phi) is 10.1. The fourth-order valence-electron chi connectivity index (χ4n) is 7.25. The van der Waals surface area contributed by atoms with Gasteiger partial charge in [-0.2, -0.15) is 4.31 Å². The Hall–Kier alpha value is -3.28. The lowest BCUT2D eigenvalue weighted by Gasteiger charge is -2.36. The van der Waals surface area contributed by atoms with E-state index in [-0.39, 0.29) is 30.2 Å². The number of hydrogen-bond donors (Lipinski definition) is 3. The molecule has 2 aromatic rings. The number of likely N-dealkylation sites (tertiary alicyclic amines) is 1. The van der Waals surface area contributed by atoms with Crippen LogP contribution in [0.1, 0.15) is 62.6 Å². The Morgan fingerprint density at radius 3 is 2.00 bits per heavy atom. The molecule has 1 aliphatic carbocycles. The van der Waals surface area contributed by atoms with Crippen molar-refractivity contribution in [2.45, 2.75) is 75.7 Å². The minimum absolute atomic E-state index is 0.00266. The molecule has 0 spiro atoms. The van der Waals surface area contributed by atoms with Gasteiger partial charge in [0.05, 0.1) is 30.3 Å². The van der Waals surface area contributed by atoms with Crippen molar-refractivity contribution >= 4 is 27.7 Å². The Morgan fingerprint density at radius 1 is 0.864 bits per heavy atom. The summed E-state index contributed by atoms with van der Waals surface area (Å²) in [4.78, 5) is 43.4. The van der Waals surface area contributed by atoms with E-state index in [1.165, 1.54) is 4.31 Å². The predicted molar refractivity (Wildman–Crippen MR) is 169 cm³/mol. The summed E-state index contributed by atoms with van der Waals surface area (Å²) in [6, 6.07) is 16.5. The summed E-state index contributed by atoms with van der Waals surface area (Å²) in [5.41, 5.74) is 1.80. The molecule has 3 N–H and O–H groups in total. The molecule has 3 aliphatic rings. The van der Waals surface area contributed by atoms with Gasteiger partial charge in [-0.1, -0.05) is 79.9 Å². The zero-order valence-corrected chi connectivity index (χ0v) is 26.6. The highest BCUT2D eigenvalue weighted by atomic mass is 32.2. The number of benzene rings is 2. The first-order valence-corrected chi connectivity index (χ1v) is 17.6. The minimum atomic E-state index is -3.64. The van der Waals surface area contributed by atoms with E-state index >= 15 is 0 Å². The minimum Gasteiger partial charge on any atom is -0.345 e. The summed E-state index contributed by atoms with van der Waals surface area (Å²) in [7, 11) is -1.94. The first-order chi connectivity index (χ1) is 21.1. The number of carbonyl (C=O) groups excluding carboxylic acids is 3. The third kappa shape index (κ3) is 6.84. The van der Waals surface area contributed by atoms with E-state index in [0.29, 0.717) is 13.0 Å². The van der Waals surface area contributed by atoms with Gasteiger partial charge in [0.1, 0.15) is 6.04 Å². The van der Waals surface area contributed by atoms with E-state index in [2.05, 4.69) is 16.0 Å². The molecule has 0 radical (unpaired) electrons. The van der Waals surface area contributed by atoms with Gasteiger partial charge >= 0.3 is 0 Å². The molecule has 2 aromatic carbocycles. The fraction of sp³-hybridized carbons (Fsp3) is 0.545. The van der Waals surface area contributed by atoms with Gasteiger partial charge < -0.3 is 20.9 Å². The van der Waals surface area contributed by atoms with Crippen LogP contribution < -0.4 is 16.0 Å². The van der Waals surface area contributed by atoms with Crippen LogP contribution in [0.25, 0.3) is 0 Å². The second-order valence-electron chi connectivity index (χ2n) is 12.5. The van der Waals surface area contributed by atoms with Gasteiger partial charge in [-0.25, -0.2) is 8.42 Å². The number of rotatable bonds is 10. The third-order valence-electron chi connectivity index (χ3n) is 9.69. The number of amides is 3. The van der Waals surface area contributed by atoms with E-state index in [0.717, 1.165) is 49.5 Å². The topological polar surface area (TPSA) is 128 Å². The summed E-state index contributed by atoms with van der Waals surface area (Å²) in [6.07, 6.45) is 6.35. The summed E-state index contributed by atoms with van der Waals surface area (Å²) in [5.74, 6) is -1.56. The van der Waals surface area contributed by atoms with E-state index in [1.54, 1.807) is 18.9 Å². The van der Waals surface area contributed by atoms with Crippen molar-refractivity contribution in [1.82, 2.24) is 25.2 Å². The maximum atomic E-state index is 14.4. The van der Waals surface area contributed by atoms with E-state index < -0.39 is 46.2 Å². The maximum Gasteiger partial charge on any atom is 0.245 e. The Morgan fingerprint density at radius 2 is 1.45 bits per heavy atom. The predicted octanol–water partition coefficient (Wildman–Crippen LogP) is 2.43. The quantitative estimate of drug-likeness (QED) is 0.373. The SMILES string of the molecule is CN[C@@H](C)C(=O)N[C@H](C(=O)N1CC[C@@H]2[C@H]1[C@@H](C(=O)NC(c1ccccc1)c1ccccc1)CN2S(C)(=O)=O)C1CCCCC1. The van der Waals surface area contributed by atoms with Crippen molar-refractivity contribution in [3.63, 3.8) is 0 Å². The smallest absolute Gasteiger partial charge is 0.245 e. The molecular weight excluding hydrogens is 578 g/mol. The lowest BCUT2D eigenvalue weighted by atomic mass is 9.83. The number of nitrogens with zero attached hydrogens (tertiary/aromatic N) is 2. The molecule has 10 nitrogen and oxygen atoms in total. The highest BCUT2D eigenvalue weighted by Gasteiger charge is 2.56. The zero-order chi connectivity index (χ0) is 31.4. The summed E-state index contributed by atoms with van der Waals surface area (Å²) < 4.78 is 27.3. The van der Waals surface area contributed by atoms with E-state index in [1.807, 2.05) is 60.7 Å². The molecule has 0 aromatic heterocycles. The second kappa shape index (κ2) is 13.8. The lowest BCUT2D eigenvalue weighted by Crippen LogP contribution is -2.58. The fourth-order valence-corrected chi connectivity index (χ4v) is 8.40. The van der Waals surface area contributed by atoms with Crippen molar-refractivity contribution in [3.05, 3.63) is 71.8 Å². The molecule has 11 heteroatoms. The van der Waals surface area contributed by atoms with E-state index in [9.17, 15) is 22.8 Å². The average molecular weight is 624 g/mol. The number of nitrogens with one attached hydrogen (secondary N) is 3. The Bertz CT molecular complexity index is 1380. The van der Waals surface area contributed by atoms with Gasteiger partial charge in [-0.05, 0) is 50.3 Å². The van der Waals surface area contributed by atoms with Gasteiger partial charge in [-0.15, -0.1) is 0 Å². The van der Waals surface area contributed by atoms with Crippen LogP contribution in [0.3, 0.4) is 0 Å². The Balaban J connectivity index is 1.46. The Labute approximate surface area is 261 Å². The molecule has 44 heavy (non-hydrogen) atoms. The number of carbonyl (C=O) groups is 3. The van der Waals surface area contributed by atoms with Crippen LogP contribution in [0.4, 0.5) is 0 Å². The molecule has 0 unspecified atom stereocenters. The maximum absolute atomic E-state index is 14.4. The first-order valence-electron chi connectivity index (χ1n) is 15.8. The third-order valence-corrected chi connectivity index (χ3v) is 11.0. The van der Waals surface area contributed by atoms with Gasteiger partial charge in [0.2, 0.25) is 27.7 Å². The normalized spacial score (nSPS) is 24.1. The molecule has 1 saturated carbocycles. The number of fused-ring (bicyclic) bond motifs is 1. The number of likely N-dealkylation sites (N-methyl/N-ethyl adjacent to an activating group) is 1. The van der Waals surface area contributed by atoms with Gasteiger partial charge in [0.15, 0.2) is 0 Å². The molecule has 5 atom stereocenters. The molecular formula is C33H45N5O5S. The van der Waals surface area contributed by atoms with E-state index in [4.69, 9.17) is 0 Å². The highest BCUT2D eigenvalue weighted by Crippen LogP contribution is 2.39. The van der Waals surface area contributed by atoms with Crippen molar-refractivity contribution in [3.8, 4) is 0 Å². The molecule has 5 rings (SSSR count). The summed E-state index contributed by atoms with van der Waals surface area (Å²) >= 11 is 0. The van der Waals surface area contributed by atoms with Crippen LogP contribution in [-0.2, 0) is 24.4 Å².